The fraction of sp³-hybridized carbons (Fsp3) is 0.120. The molecular formula is C25H18ClF3N6O. The summed E-state index contributed by atoms with van der Waals surface area (Å²) < 4.78 is 43.5. The lowest BCUT2D eigenvalue weighted by atomic mass is 10.1. The van der Waals surface area contributed by atoms with Gasteiger partial charge in [0.15, 0.2) is 11.5 Å². The quantitative estimate of drug-likeness (QED) is 0.307. The maximum Gasteiger partial charge on any atom is 0.280 e. The SMILES string of the molecule is Cc1cc(NC(=O)c2cnn3c(C(F)F)cc(-c4ccccc4)nc23)nn1Cc1ccc(F)cc1Cl. The van der Waals surface area contributed by atoms with Crippen molar-refractivity contribution < 1.29 is 18.0 Å². The van der Waals surface area contributed by atoms with E-state index in [1.54, 1.807) is 54.1 Å². The molecule has 5 aromatic rings. The van der Waals surface area contributed by atoms with Crippen molar-refractivity contribution >= 4 is 29.0 Å². The van der Waals surface area contributed by atoms with Gasteiger partial charge in [-0.25, -0.2) is 22.7 Å². The van der Waals surface area contributed by atoms with Crippen molar-refractivity contribution in [1.29, 1.82) is 0 Å². The number of carbonyl (C=O) groups is 1. The third-order valence-electron chi connectivity index (χ3n) is 5.60. The molecule has 0 atom stereocenters. The molecule has 1 N–H and O–H groups in total. The summed E-state index contributed by atoms with van der Waals surface area (Å²) in [4.78, 5) is 17.5. The van der Waals surface area contributed by atoms with Crippen molar-refractivity contribution in [3.05, 3.63) is 100 Å². The summed E-state index contributed by atoms with van der Waals surface area (Å²) in [6.07, 6.45) is -1.63. The number of rotatable bonds is 6. The summed E-state index contributed by atoms with van der Waals surface area (Å²) in [6, 6.07) is 15.8. The summed E-state index contributed by atoms with van der Waals surface area (Å²) >= 11 is 6.12. The number of alkyl halides is 2. The van der Waals surface area contributed by atoms with Gasteiger partial charge in [0.25, 0.3) is 12.3 Å². The van der Waals surface area contributed by atoms with Crippen molar-refractivity contribution in [1.82, 2.24) is 24.4 Å². The molecule has 2 aromatic carbocycles. The van der Waals surface area contributed by atoms with E-state index < -0.39 is 18.1 Å². The molecule has 0 radical (unpaired) electrons. The molecule has 11 heteroatoms. The Morgan fingerprint density at radius 2 is 1.89 bits per heavy atom. The van der Waals surface area contributed by atoms with Gasteiger partial charge in [-0.05, 0) is 30.7 Å². The molecule has 3 aromatic heterocycles. The lowest BCUT2D eigenvalue weighted by molar-refractivity contribution is 0.102. The number of carbonyl (C=O) groups excluding carboxylic acids is 1. The van der Waals surface area contributed by atoms with Crippen molar-refractivity contribution in [2.45, 2.75) is 19.9 Å². The van der Waals surface area contributed by atoms with Crippen molar-refractivity contribution in [3.8, 4) is 11.3 Å². The third-order valence-corrected chi connectivity index (χ3v) is 5.95. The number of anilines is 1. The van der Waals surface area contributed by atoms with Gasteiger partial charge >= 0.3 is 0 Å². The first kappa shape index (κ1) is 23.6. The molecule has 0 bridgehead atoms. The zero-order valence-corrected chi connectivity index (χ0v) is 19.5. The molecule has 0 aliphatic carbocycles. The highest BCUT2D eigenvalue weighted by Crippen LogP contribution is 2.27. The van der Waals surface area contributed by atoms with Gasteiger partial charge in [0.1, 0.15) is 17.1 Å². The number of amides is 1. The minimum absolute atomic E-state index is 0.00148. The number of halogens is 4. The highest BCUT2D eigenvalue weighted by molar-refractivity contribution is 6.31. The van der Waals surface area contributed by atoms with Gasteiger partial charge in [0, 0.05) is 22.3 Å². The maximum absolute atomic E-state index is 13.8. The first-order valence-electron chi connectivity index (χ1n) is 10.8. The van der Waals surface area contributed by atoms with E-state index in [-0.39, 0.29) is 34.3 Å². The standard InChI is InChI=1S/C25H18ClF3N6O/c1-14-9-22(33-34(14)13-16-7-8-17(27)10-19(16)26)32-25(36)18-12-30-35-21(23(28)29)11-20(31-24(18)35)15-5-3-2-4-6-15/h2-12,23H,13H2,1H3,(H,32,33,36). The minimum Gasteiger partial charge on any atom is -0.305 e. The molecule has 0 unspecified atom stereocenters. The fourth-order valence-corrected chi connectivity index (χ4v) is 4.01. The van der Waals surface area contributed by atoms with E-state index in [4.69, 9.17) is 11.6 Å². The van der Waals surface area contributed by atoms with Gasteiger partial charge in [-0.2, -0.15) is 10.2 Å². The van der Waals surface area contributed by atoms with Gasteiger partial charge in [0.2, 0.25) is 0 Å². The topological polar surface area (TPSA) is 77.1 Å². The van der Waals surface area contributed by atoms with E-state index >= 15 is 0 Å². The van der Waals surface area contributed by atoms with E-state index in [1.807, 2.05) is 0 Å². The van der Waals surface area contributed by atoms with Gasteiger partial charge in [-0.3, -0.25) is 9.48 Å². The maximum atomic E-state index is 13.8. The van der Waals surface area contributed by atoms with Crippen molar-refractivity contribution in [2.24, 2.45) is 0 Å². The third kappa shape index (κ3) is 4.55. The predicted octanol–water partition coefficient (Wildman–Crippen LogP) is 5.93. The van der Waals surface area contributed by atoms with Crippen LogP contribution in [0.25, 0.3) is 16.9 Å². The van der Waals surface area contributed by atoms with Gasteiger partial charge < -0.3 is 5.32 Å². The van der Waals surface area contributed by atoms with Crippen molar-refractivity contribution in [3.63, 3.8) is 0 Å². The van der Waals surface area contributed by atoms with E-state index in [2.05, 4.69) is 20.5 Å². The van der Waals surface area contributed by atoms with Crippen LogP contribution in [0.3, 0.4) is 0 Å². The molecule has 0 saturated heterocycles. The second kappa shape index (κ2) is 9.46. The zero-order chi connectivity index (χ0) is 25.4. The number of aromatic nitrogens is 5. The largest absolute Gasteiger partial charge is 0.305 e. The Balaban J connectivity index is 1.45. The number of fused-ring (bicyclic) bond motifs is 1. The van der Waals surface area contributed by atoms with Crippen LogP contribution in [0, 0.1) is 12.7 Å². The summed E-state index contributed by atoms with van der Waals surface area (Å²) in [6.45, 7) is 2.05. The second-order valence-electron chi connectivity index (χ2n) is 8.05. The van der Waals surface area contributed by atoms with Crippen LogP contribution in [-0.2, 0) is 6.54 Å². The lowest BCUT2D eigenvalue weighted by Gasteiger charge is -2.08. The van der Waals surface area contributed by atoms with Crippen LogP contribution in [0.4, 0.5) is 19.0 Å². The molecule has 36 heavy (non-hydrogen) atoms. The van der Waals surface area contributed by atoms with Crippen LogP contribution >= 0.6 is 11.6 Å². The monoisotopic (exact) mass is 510 g/mol. The molecule has 3 heterocycles. The van der Waals surface area contributed by atoms with Gasteiger partial charge in [-0.15, -0.1) is 0 Å². The highest BCUT2D eigenvalue weighted by atomic mass is 35.5. The average Bonchev–Trinajstić information content (AvgIpc) is 3.43. The number of nitrogens with one attached hydrogen (secondary N) is 1. The smallest absolute Gasteiger partial charge is 0.280 e. The van der Waals surface area contributed by atoms with Crippen LogP contribution in [0.1, 0.15) is 33.7 Å². The van der Waals surface area contributed by atoms with Crippen LogP contribution in [0.5, 0.6) is 0 Å². The van der Waals surface area contributed by atoms with Gasteiger partial charge in [-0.1, -0.05) is 48.0 Å². The molecule has 0 saturated carbocycles. The molecule has 5 rings (SSSR count). The molecule has 7 nitrogen and oxygen atoms in total. The van der Waals surface area contributed by atoms with E-state index in [9.17, 15) is 18.0 Å². The molecule has 1 amide bonds. The molecule has 0 spiro atoms. The molecule has 182 valence electrons. The van der Waals surface area contributed by atoms with E-state index in [0.717, 1.165) is 10.2 Å². The summed E-state index contributed by atoms with van der Waals surface area (Å²) in [5.41, 5.74) is 1.93. The number of nitrogens with zero attached hydrogens (tertiary/aromatic N) is 5. The Kier molecular flexibility index (Phi) is 6.19. The summed E-state index contributed by atoms with van der Waals surface area (Å²) in [5, 5.41) is 11.3. The molecule has 0 fully saturated rings. The normalized spacial score (nSPS) is 11.4. The number of benzene rings is 2. The predicted molar refractivity (Wildman–Crippen MR) is 129 cm³/mol. The van der Waals surface area contributed by atoms with Crippen LogP contribution < -0.4 is 5.32 Å². The Hall–Kier alpha value is -4.18. The minimum atomic E-state index is -2.83. The summed E-state index contributed by atoms with van der Waals surface area (Å²) in [7, 11) is 0. The Morgan fingerprint density at radius 1 is 1.11 bits per heavy atom. The highest BCUT2D eigenvalue weighted by Gasteiger charge is 2.22. The fourth-order valence-electron chi connectivity index (χ4n) is 3.78. The van der Waals surface area contributed by atoms with Crippen LogP contribution in [-0.4, -0.2) is 30.3 Å². The number of aryl methyl sites for hydroxylation is 1. The van der Waals surface area contributed by atoms with E-state index in [0.29, 0.717) is 16.8 Å². The first-order valence-corrected chi connectivity index (χ1v) is 11.2. The van der Waals surface area contributed by atoms with Crippen LogP contribution in [0.15, 0.2) is 66.9 Å². The molecule has 0 aliphatic rings. The molecular weight excluding hydrogens is 493 g/mol. The van der Waals surface area contributed by atoms with Gasteiger partial charge in [0.05, 0.1) is 18.4 Å². The summed E-state index contributed by atoms with van der Waals surface area (Å²) in [5.74, 6) is -0.808. The zero-order valence-electron chi connectivity index (χ0n) is 18.8. The van der Waals surface area contributed by atoms with Crippen molar-refractivity contribution in [2.75, 3.05) is 5.32 Å². The Morgan fingerprint density at radius 3 is 2.61 bits per heavy atom. The Bertz CT molecular complexity index is 1580. The van der Waals surface area contributed by atoms with E-state index in [1.165, 1.54) is 24.4 Å². The second-order valence-corrected chi connectivity index (χ2v) is 8.45. The van der Waals surface area contributed by atoms with Crippen LogP contribution in [0.2, 0.25) is 5.02 Å². The average molecular weight is 511 g/mol. The lowest BCUT2D eigenvalue weighted by Crippen LogP contribution is -2.14. The molecule has 0 aliphatic heterocycles. The first-order chi connectivity index (χ1) is 17.3. The number of hydrogen-bond acceptors (Lipinski definition) is 4. The Labute approximate surface area is 208 Å². The number of hydrogen-bond donors (Lipinski definition) is 1.